The van der Waals surface area contributed by atoms with E-state index < -0.39 is 0 Å². The van der Waals surface area contributed by atoms with Gasteiger partial charge in [0.15, 0.2) is 0 Å². The van der Waals surface area contributed by atoms with Gasteiger partial charge < -0.3 is 5.32 Å². The van der Waals surface area contributed by atoms with Gasteiger partial charge >= 0.3 is 0 Å². The van der Waals surface area contributed by atoms with Crippen molar-refractivity contribution in [1.82, 2.24) is 0 Å². The van der Waals surface area contributed by atoms with E-state index in [1.165, 1.54) is 23.2 Å². The molecule has 1 aromatic carbocycles. The molecule has 0 fully saturated rings. The first kappa shape index (κ1) is 13.6. The summed E-state index contributed by atoms with van der Waals surface area (Å²) in [7, 11) is 0. The van der Waals surface area contributed by atoms with Gasteiger partial charge in [-0.2, -0.15) is 0 Å². The third-order valence-corrected chi connectivity index (χ3v) is 2.96. The molecule has 0 aromatic heterocycles. The van der Waals surface area contributed by atoms with Crippen molar-refractivity contribution >= 4 is 5.69 Å². The highest BCUT2D eigenvalue weighted by molar-refractivity contribution is 5.53. The van der Waals surface area contributed by atoms with E-state index in [0.717, 1.165) is 19.4 Å². The minimum atomic E-state index is 0.901. The maximum Gasteiger partial charge on any atom is 0.0375 e. The van der Waals surface area contributed by atoms with Gasteiger partial charge in [0.1, 0.15) is 0 Å². The molecule has 0 bridgehead atoms. The van der Waals surface area contributed by atoms with E-state index in [0.29, 0.717) is 0 Å². The highest BCUT2D eigenvalue weighted by Gasteiger charge is 1.97. The van der Waals surface area contributed by atoms with E-state index in [2.05, 4.69) is 56.1 Å². The second kappa shape index (κ2) is 7.72. The molecule has 0 saturated heterocycles. The minimum absolute atomic E-state index is 0.901. The monoisotopic (exact) mass is 229 g/mol. The SMILES string of the molecule is C=CCCCC=CCNc1cccc(C)c1C. The third-order valence-electron chi connectivity index (χ3n) is 2.96. The number of hydrogen-bond donors (Lipinski definition) is 1. The maximum atomic E-state index is 3.72. The van der Waals surface area contributed by atoms with Crippen molar-refractivity contribution in [2.45, 2.75) is 33.1 Å². The lowest BCUT2D eigenvalue weighted by Gasteiger charge is -2.09. The average Bonchev–Trinajstić information content (AvgIpc) is 2.33. The van der Waals surface area contributed by atoms with E-state index >= 15 is 0 Å². The van der Waals surface area contributed by atoms with Crippen LogP contribution in [0.3, 0.4) is 0 Å². The zero-order chi connectivity index (χ0) is 12.5. The first-order valence-electron chi connectivity index (χ1n) is 6.31. The molecule has 92 valence electrons. The summed E-state index contributed by atoms with van der Waals surface area (Å²) in [6, 6.07) is 6.37. The van der Waals surface area contributed by atoms with Crippen molar-refractivity contribution in [1.29, 1.82) is 0 Å². The molecule has 0 saturated carbocycles. The average molecular weight is 229 g/mol. The molecule has 0 aliphatic carbocycles. The Morgan fingerprint density at radius 3 is 2.76 bits per heavy atom. The molecular formula is C16H23N. The largest absolute Gasteiger partial charge is 0.381 e. The molecule has 1 aromatic rings. The standard InChI is InChI=1S/C16H23N/c1-4-5-6-7-8-9-13-17-16-12-10-11-14(2)15(16)3/h4,8-12,17H,1,5-7,13H2,2-3H3. The second-order valence-electron chi connectivity index (χ2n) is 4.32. The molecule has 0 aliphatic heterocycles. The molecule has 1 rings (SSSR count). The van der Waals surface area contributed by atoms with E-state index in [9.17, 15) is 0 Å². The van der Waals surface area contributed by atoms with Crippen molar-refractivity contribution in [3.05, 3.63) is 54.1 Å². The van der Waals surface area contributed by atoms with Crippen molar-refractivity contribution in [2.75, 3.05) is 11.9 Å². The number of nitrogens with one attached hydrogen (secondary N) is 1. The summed E-state index contributed by atoms with van der Waals surface area (Å²) in [5, 5.41) is 3.44. The summed E-state index contributed by atoms with van der Waals surface area (Å²) in [6.07, 6.45) is 9.85. The molecule has 0 aliphatic rings. The lowest BCUT2D eigenvalue weighted by molar-refractivity contribution is 0.868. The topological polar surface area (TPSA) is 12.0 Å². The van der Waals surface area contributed by atoms with Gasteiger partial charge in [0, 0.05) is 12.2 Å². The quantitative estimate of drug-likeness (QED) is 0.531. The van der Waals surface area contributed by atoms with Gasteiger partial charge in [0.25, 0.3) is 0 Å². The molecule has 1 heteroatoms. The second-order valence-corrected chi connectivity index (χ2v) is 4.32. The van der Waals surface area contributed by atoms with E-state index in [-0.39, 0.29) is 0 Å². The molecule has 0 spiro atoms. The van der Waals surface area contributed by atoms with E-state index in [1.807, 2.05) is 6.08 Å². The fourth-order valence-corrected chi connectivity index (χ4v) is 1.69. The van der Waals surface area contributed by atoms with Crippen LogP contribution in [0, 0.1) is 13.8 Å². The van der Waals surface area contributed by atoms with Gasteiger partial charge in [-0.1, -0.05) is 30.4 Å². The number of benzene rings is 1. The Kier molecular flexibility index (Phi) is 6.16. The molecular weight excluding hydrogens is 206 g/mol. The van der Waals surface area contributed by atoms with Gasteiger partial charge in [0.2, 0.25) is 0 Å². The zero-order valence-electron chi connectivity index (χ0n) is 11.0. The van der Waals surface area contributed by atoms with Crippen molar-refractivity contribution in [2.24, 2.45) is 0 Å². The third kappa shape index (κ3) is 4.90. The maximum absolute atomic E-state index is 3.72. The molecule has 0 unspecified atom stereocenters. The molecule has 0 heterocycles. The van der Waals surface area contributed by atoms with Gasteiger partial charge in [-0.05, 0) is 50.3 Å². The Labute approximate surface area is 105 Å². The highest BCUT2D eigenvalue weighted by Crippen LogP contribution is 2.17. The Morgan fingerprint density at radius 1 is 1.18 bits per heavy atom. The van der Waals surface area contributed by atoms with Crippen LogP contribution in [0.2, 0.25) is 0 Å². The van der Waals surface area contributed by atoms with Crippen LogP contribution in [0.5, 0.6) is 0 Å². The molecule has 1 N–H and O–H groups in total. The van der Waals surface area contributed by atoms with Gasteiger partial charge in [0.05, 0.1) is 0 Å². The lowest BCUT2D eigenvalue weighted by atomic mass is 10.1. The van der Waals surface area contributed by atoms with Crippen LogP contribution >= 0.6 is 0 Å². The number of unbranched alkanes of at least 4 members (excludes halogenated alkanes) is 2. The van der Waals surface area contributed by atoms with Crippen LogP contribution in [-0.2, 0) is 0 Å². The smallest absolute Gasteiger partial charge is 0.0375 e. The summed E-state index contributed by atoms with van der Waals surface area (Å²) < 4.78 is 0. The number of anilines is 1. The number of aryl methyl sites for hydroxylation is 1. The van der Waals surface area contributed by atoms with Gasteiger partial charge in [-0.15, -0.1) is 6.58 Å². The first-order chi connectivity index (χ1) is 8.25. The Morgan fingerprint density at radius 2 is 2.00 bits per heavy atom. The fourth-order valence-electron chi connectivity index (χ4n) is 1.69. The zero-order valence-corrected chi connectivity index (χ0v) is 11.0. The van der Waals surface area contributed by atoms with Crippen LogP contribution in [0.1, 0.15) is 30.4 Å². The molecule has 0 amide bonds. The normalized spacial score (nSPS) is 10.7. The van der Waals surface area contributed by atoms with Gasteiger partial charge in [-0.25, -0.2) is 0 Å². The molecule has 1 nitrogen and oxygen atoms in total. The van der Waals surface area contributed by atoms with Crippen molar-refractivity contribution in [3.8, 4) is 0 Å². The Hall–Kier alpha value is -1.50. The molecule has 0 radical (unpaired) electrons. The Bertz CT molecular complexity index is 377. The predicted molar refractivity (Wildman–Crippen MR) is 77.6 cm³/mol. The van der Waals surface area contributed by atoms with E-state index in [4.69, 9.17) is 0 Å². The van der Waals surface area contributed by atoms with Gasteiger partial charge in [-0.3, -0.25) is 0 Å². The summed E-state index contributed by atoms with van der Waals surface area (Å²) >= 11 is 0. The summed E-state index contributed by atoms with van der Waals surface area (Å²) in [4.78, 5) is 0. The highest BCUT2D eigenvalue weighted by atomic mass is 14.9. The fraction of sp³-hybridized carbons (Fsp3) is 0.375. The van der Waals surface area contributed by atoms with E-state index in [1.54, 1.807) is 0 Å². The predicted octanol–water partition coefficient (Wildman–Crippen LogP) is 4.63. The van der Waals surface area contributed by atoms with Crippen molar-refractivity contribution in [3.63, 3.8) is 0 Å². The molecule has 17 heavy (non-hydrogen) atoms. The summed E-state index contributed by atoms with van der Waals surface area (Å²) in [6.45, 7) is 8.92. The van der Waals surface area contributed by atoms with Crippen molar-refractivity contribution < 1.29 is 0 Å². The summed E-state index contributed by atoms with van der Waals surface area (Å²) in [5.74, 6) is 0. The van der Waals surface area contributed by atoms with Crippen LogP contribution in [0.15, 0.2) is 43.0 Å². The minimum Gasteiger partial charge on any atom is -0.381 e. The number of rotatable bonds is 7. The number of hydrogen-bond acceptors (Lipinski definition) is 1. The summed E-state index contributed by atoms with van der Waals surface area (Å²) in [5.41, 5.74) is 3.92. The lowest BCUT2D eigenvalue weighted by Crippen LogP contribution is -2.00. The number of allylic oxidation sites excluding steroid dienone is 2. The first-order valence-corrected chi connectivity index (χ1v) is 6.31. The Balaban J connectivity index is 2.31. The van der Waals surface area contributed by atoms with Crippen LogP contribution in [0.25, 0.3) is 0 Å². The van der Waals surface area contributed by atoms with Crippen LogP contribution in [-0.4, -0.2) is 6.54 Å². The molecule has 0 atom stereocenters. The van der Waals surface area contributed by atoms with Crippen LogP contribution < -0.4 is 5.32 Å². The van der Waals surface area contributed by atoms with Crippen LogP contribution in [0.4, 0.5) is 5.69 Å².